The molecule has 1 aromatic rings. The number of hydrogen-bond donors (Lipinski definition) is 2. The lowest BCUT2D eigenvalue weighted by atomic mass is 9.86. The van der Waals surface area contributed by atoms with Gasteiger partial charge >= 0.3 is 0 Å². The van der Waals surface area contributed by atoms with Crippen LogP contribution in [0.4, 0.5) is 11.4 Å². The van der Waals surface area contributed by atoms with E-state index in [2.05, 4.69) is 17.6 Å². The van der Waals surface area contributed by atoms with E-state index in [4.69, 9.17) is 0 Å². The average Bonchev–Trinajstić information content (AvgIpc) is 2.48. The Labute approximate surface area is 130 Å². The number of aryl methyl sites for hydroxylation is 1. The summed E-state index contributed by atoms with van der Waals surface area (Å²) in [5, 5.41) is 16.9. The number of nitrogens with one attached hydrogen (secondary N) is 2. The van der Waals surface area contributed by atoms with Crippen molar-refractivity contribution in [2.75, 3.05) is 11.9 Å². The average molecular weight is 305 g/mol. The van der Waals surface area contributed by atoms with E-state index in [0.29, 0.717) is 11.6 Å². The van der Waals surface area contributed by atoms with E-state index in [0.717, 1.165) is 24.8 Å². The number of amides is 1. The minimum absolute atomic E-state index is 0.0226. The van der Waals surface area contributed by atoms with Crippen LogP contribution >= 0.6 is 0 Å². The van der Waals surface area contributed by atoms with Gasteiger partial charge in [-0.3, -0.25) is 14.9 Å². The fourth-order valence-corrected chi connectivity index (χ4v) is 2.88. The molecule has 1 amide bonds. The summed E-state index contributed by atoms with van der Waals surface area (Å²) in [5.74, 6) is 0.446. The van der Waals surface area contributed by atoms with Gasteiger partial charge in [0.1, 0.15) is 0 Å². The van der Waals surface area contributed by atoms with Gasteiger partial charge in [-0.1, -0.05) is 25.8 Å². The minimum Gasteiger partial charge on any atom is -0.376 e. The molecule has 0 heterocycles. The predicted molar refractivity (Wildman–Crippen MR) is 85.9 cm³/mol. The number of nitro benzene ring substituents is 1. The fourth-order valence-electron chi connectivity index (χ4n) is 2.88. The summed E-state index contributed by atoms with van der Waals surface area (Å²) in [4.78, 5) is 22.4. The molecule has 2 N–H and O–H groups in total. The standard InChI is InChI=1S/C16H23N3O3/c1-11-5-3-4-6-14(11)18-16(20)10-17-15-9-13(19(21)22)8-7-12(15)2/h7-9,11,14,17H,3-6,10H2,1-2H3,(H,18,20). The van der Waals surface area contributed by atoms with Gasteiger partial charge in [0.25, 0.3) is 5.69 Å². The lowest BCUT2D eigenvalue weighted by Gasteiger charge is -2.29. The number of carbonyl (C=O) groups is 1. The molecule has 1 aliphatic rings. The molecule has 22 heavy (non-hydrogen) atoms. The molecular formula is C16H23N3O3. The zero-order valence-electron chi connectivity index (χ0n) is 13.1. The molecule has 0 saturated heterocycles. The van der Waals surface area contributed by atoms with E-state index >= 15 is 0 Å². The molecular weight excluding hydrogens is 282 g/mol. The van der Waals surface area contributed by atoms with Gasteiger partial charge < -0.3 is 10.6 Å². The summed E-state index contributed by atoms with van der Waals surface area (Å²) in [5.41, 5.74) is 1.53. The van der Waals surface area contributed by atoms with Crippen LogP contribution in [0, 0.1) is 23.0 Å². The molecule has 2 rings (SSSR count). The second kappa shape index (κ2) is 7.24. The number of anilines is 1. The summed E-state index contributed by atoms with van der Waals surface area (Å²) in [6, 6.07) is 4.85. The first kappa shape index (κ1) is 16.3. The van der Waals surface area contributed by atoms with Crippen molar-refractivity contribution in [1.29, 1.82) is 0 Å². The predicted octanol–water partition coefficient (Wildman–Crippen LogP) is 3.01. The van der Waals surface area contributed by atoms with Crippen LogP contribution in [-0.2, 0) is 4.79 Å². The third kappa shape index (κ3) is 4.19. The van der Waals surface area contributed by atoms with Gasteiger partial charge in [0, 0.05) is 23.9 Å². The molecule has 1 saturated carbocycles. The summed E-state index contributed by atoms with van der Waals surface area (Å²) >= 11 is 0. The normalized spacial score (nSPS) is 21.2. The Kier molecular flexibility index (Phi) is 5.35. The van der Waals surface area contributed by atoms with Crippen LogP contribution in [0.15, 0.2) is 18.2 Å². The van der Waals surface area contributed by atoms with Gasteiger partial charge in [0.15, 0.2) is 0 Å². The Morgan fingerprint density at radius 3 is 2.77 bits per heavy atom. The zero-order chi connectivity index (χ0) is 16.1. The molecule has 6 heteroatoms. The van der Waals surface area contributed by atoms with E-state index < -0.39 is 4.92 Å². The summed E-state index contributed by atoms with van der Waals surface area (Å²) < 4.78 is 0. The van der Waals surface area contributed by atoms with E-state index in [1.54, 1.807) is 6.07 Å². The maximum atomic E-state index is 12.1. The number of nitrogens with zero attached hydrogens (tertiary/aromatic N) is 1. The van der Waals surface area contributed by atoms with Gasteiger partial charge in [0.2, 0.25) is 5.91 Å². The molecule has 120 valence electrons. The second-order valence-electron chi connectivity index (χ2n) is 6.05. The van der Waals surface area contributed by atoms with E-state index in [9.17, 15) is 14.9 Å². The molecule has 0 bridgehead atoms. The van der Waals surface area contributed by atoms with Crippen LogP contribution in [0.3, 0.4) is 0 Å². The topological polar surface area (TPSA) is 84.3 Å². The molecule has 0 aliphatic heterocycles. The van der Waals surface area contributed by atoms with Crippen LogP contribution in [0.5, 0.6) is 0 Å². The van der Waals surface area contributed by atoms with Crippen LogP contribution in [0.2, 0.25) is 0 Å². The number of carbonyl (C=O) groups excluding carboxylic acids is 1. The molecule has 1 aromatic carbocycles. The molecule has 0 radical (unpaired) electrons. The van der Waals surface area contributed by atoms with Crippen LogP contribution in [0.1, 0.15) is 38.2 Å². The highest BCUT2D eigenvalue weighted by Gasteiger charge is 2.22. The van der Waals surface area contributed by atoms with Crippen LogP contribution in [0.25, 0.3) is 0 Å². The number of non-ortho nitro benzene ring substituents is 1. The van der Waals surface area contributed by atoms with Gasteiger partial charge in [-0.25, -0.2) is 0 Å². The lowest BCUT2D eigenvalue weighted by molar-refractivity contribution is -0.384. The molecule has 6 nitrogen and oxygen atoms in total. The third-order valence-electron chi connectivity index (χ3n) is 4.33. The Hall–Kier alpha value is -2.11. The third-order valence-corrected chi connectivity index (χ3v) is 4.33. The fraction of sp³-hybridized carbons (Fsp3) is 0.562. The lowest BCUT2D eigenvalue weighted by Crippen LogP contribution is -2.43. The summed E-state index contributed by atoms with van der Waals surface area (Å²) in [7, 11) is 0. The van der Waals surface area contributed by atoms with Gasteiger partial charge in [0.05, 0.1) is 11.5 Å². The second-order valence-corrected chi connectivity index (χ2v) is 6.05. The Balaban J connectivity index is 1.90. The number of benzene rings is 1. The Morgan fingerprint density at radius 2 is 2.09 bits per heavy atom. The SMILES string of the molecule is Cc1ccc([N+](=O)[O-])cc1NCC(=O)NC1CCCCC1C. The minimum atomic E-state index is -0.436. The molecule has 1 aliphatic carbocycles. The largest absolute Gasteiger partial charge is 0.376 e. The highest BCUT2D eigenvalue weighted by molar-refractivity contribution is 5.81. The van der Waals surface area contributed by atoms with Crippen LogP contribution in [-0.4, -0.2) is 23.4 Å². The summed E-state index contributed by atoms with van der Waals surface area (Å²) in [6.07, 6.45) is 4.58. The first-order valence-corrected chi connectivity index (χ1v) is 7.75. The first-order valence-electron chi connectivity index (χ1n) is 7.75. The molecule has 0 aromatic heterocycles. The van der Waals surface area contributed by atoms with Crippen molar-refractivity contribution in [2.45, 2.75) is 45.6 Å². The molecule has 1 fully saturated rings. The van der Waals surface area contributed by atoms with E-state index in [1.165, 1.54) is 18.6 Å². The van der Waals surface area contributed by atoms with Crippen molar-refractivity contribution in [2.24, 2.45) is 5.92 Å². The highest BCUT2D eigenvalue weighted by Crippen LogP contribution is 2.24. The van der Waals surface area contributed by atoms with Crippen molar-refractivity contribution in [3.8, 4) is 0 Å². The van der Waals surface area contributed by atoms with Crippen molar-refractivity contribution in [3.05, 3.63) is 33.9 Å². The van der Waals surface area contributed by atoms with Crippen molar-refractivity contribution < 1.29 is 9.72 Å². The molecule has 2 unspecified atom stereocenters. The maximum absolute atomic E-state index is 12.1. The van der Waals surface area contributed by atoms with E-state index in [1.807, 2.05) is 6.92 Å². The summed E-state index contributed by atoms with van der Waals surface area (Å²) in [6.45, 7) is 4.15. The molecule has 2 atom stereocenters. The van der Waals surface area contributed by atoms with Crippen molar-refractivity contribution in [1.82, 2.24) is 5.32 Å². The Bertz CT molecular complexity index is 560. The van der Waals surface area contributed by atoms with Crippen molar-refractivity contribution in [3.63, 3.8) is 0 Å². The smallest absolute Gasteiger partial charge is 0.271 e. The molecule has 0 spiro atoms. The number of hydrogen-bond acceptors (Lipinski definition) is 4. The number of rotatable bonds is 5. The highest BCUT2D eigenvalue weighted by atomic mass is 16.6. The van der Waals surface area contributed by atoms with Crippen molar-refractivity contribution >= 4 is 17.3 Å². The van der Waals surface area contributed by atoms with Gasteiger partial charge in [-0.05, 0) is 31.2 Å². The Morgan fingerprint density at radius 1 is 1.36 bits per heavy atom. The van der Waals surface area contributed by atoms with Gasteiger partial charge in [-0.2, -0.15) is 0 Å². The number of nitro groups is 1. The maximum Gasteiger partial charge on any atom is 0.271 e. The van der Waals surface area contributed by atoms with Crippen LogP contribution < -0.4 is 10.6 Å². The van der Waals surface area contributed by atoms with Gasteiger partial charge in [-0.15, -0.1) is 0 Å². The quantitative estimate of drug-likeness (QED) is 0.647. The monoisotopic (exact) mass is 305 g/mol. The first-order chi connectivity index (χ1) is 10.5. The van der Waals surface area contributed by atoms with E-state index in [-0.39, 0.29) is 24.2 Å². The zero-order valence-corrected chi connectivity index (χ0v) is 13.1.